The third-order valence-electron chi connectivity index (χ3n) is 2.16. The summed E-state index contributed by atoms with van der Waals surface area (Å²) in [4.78, 5) is 11.7. The van der Waals surface area contributed by atoms with Gasteiger partial charge in [0, 0.05) is 20.3 Å². The zero-order valence-corrected chi connectivity index (χ0v) is 9.99. The molecule has 0 spiro atoms. The molecule has 0 bridgehead atoms. The van der Waals surface area contributed by atoms with E-state index in [0.29, 0.717) is 19.6 Å². The molecule has 1 N–H and O–H groups in total. The molecule has 1 amide bonds. The number of carbonyl (C=O) groups is 1. The van der Waals surface area contributed by atoms with E-state index in [9.17, 15) is 13.6 Å². The predicted molar refractivity (Wildman–Crippen MR) is 61.9 cm³/mol. The van der Waals surface area contributed by atoms with Crippen LogP contribution in [0, 0.1) is 0 Å². The fraction of sp³-hybridized carbons (Fsp3) is 0.417. The smallest absolute Gasteiger partial charge is 0.387 e. The summed E-state index contributed by atoms with van der Waals surface area (Å²) in [5, 5.41) is 2.60. The number of amides is 1. The molecule has 0 unspecified atom stereocenters. The van der Waals surface area contributed by atoms with Crippen molar-refractivity contribution >= 4 is 5.91 Å². The summed E-state index contributed by atoms with van der Waals surface area (Å²) >= 11 is 0. The Bertz CT molecular complexity index is 385. The van der Waals surface area contributed by atoms with Gasteiger partial charge < -0.3 is 14.8 Å². The quantitative estimate of drug-likeness (QED) is 0.762. The average Bonchev–Trinajstić information content (AvgIpc) is 2.34. The molecule has 0 aliphatic heterocycles. The van der Waals surface area contributed by atoms with E-state index in [1.54, 1.807) is 13.2 Å². The molecule has 4 nitrogen and oxygen atoms in total. The van der Waals surface area contributed by atoms with E-state index in [0.717, 1.165) is 0 Å². The van der Waals surface area contributed by atoms with Gasteiger partial charge >= 0.3 is 6.61 Å². The molecule has 1 aromatic rings. The van der Waals surface area contributed by atoms with Crippen LogP contribution in [0.5, 0.6) is 5.75 Å². The fourth-order valence-electron chi connectivity index (χ4n) is 1.37. The molecule has 1 aromatic carbocycles. The normalized spacial score (nSPS) is 10.4. The number of nitrogens with one attached hydrogen (secondary N) is 1. The summed E-state index contributed by atoms with van der Waals surface area (Å²) in [6.07, 6.45) is 0.653. The maximum atomic E-state index is 12.1. The maximum absolute atomic E-state index is 12.1. The van der Waals surface area contributed by atoms with Gasteiger partial charge in [0.05, 0.1) is 5.56 Å². The van der Waals surface area contributed by atoms with Gasteiger partial charge in [-0.3, -0.25) is 4.79 Å². The largest absolute Gasteiger partial charge is 0.434 e. The highest BCUT2D eigenvalue weighted by atomic mass is 19.3. The van der Waals surface area contributed by atoms with Crippen molar-refractivity contribution in [1.29, 1.82) is 0 Å². The van der Waals surface area contributed by atoms with Crippen LogP contribution in [0.2, 0.25) is 0 Å². The van der Waals surface area contributed by atoms with Crippen molar-refractivity contribution in [3.8, 4) is 5.75 Å². The number of para-hydroxylation sites is 1. The van der Waals surface area contributed by atoms with Crippen molar-refractivity contribution in [2.75, 3.05) is 20.3 Å². The molecule has 0 atom stereocenters. The monoisotopic (exact) mass is 259 g/mol. The van der Waals surface area contributed by atoms with E-state index < -0.39 is 12.5 Å². The lowest BCUT2D eigenvalue weighted by atomic mass is 10.2. The van der Waals surface area contributed by atoms with Crippen molar-refractivity contribution in [3.63, 3.8) is 0 Å². The lowest BCUT2D eigenvalue weighted by Crippen LogP contribution is -2.26. The topological polar surface area (TPSA) is 47.6 Å². The maximum Gasteiger partial charge on any atom is 0.387 e. The molecular weight excluding hydrogens is 244 g/mol. The van der Waals surface area contributed by atoms with Crippen LogP contribution >= 0.6 is 0 Å². The first-order valence-electron chi connectivity index (χ1n) is 5.46. The number of hydrogen-bond acceptors (Lipinski definition) is 3. The highest BCUT2D eigenvalue weighted by Crippen LogP contribution is 2.19. The number of benzene rings is 1. The van der Waals surface area contributed by atoms with Gasteiger partial charge in [-0.1, -0.05) is 12.1 Å². The molecule has 0 aliphatic carbocycles. The number of halogens is 2. The summed E-state index contributed by atoms with van der Waals surface area (Å²) in [5.41, 5.74) is 0.0928. The van der Waals surface area contributed by atoms with Crippen LogP contribution in [0.1, 0.15) is 16.8 Å². The van der Waals surface area contributed by atoms with Crippen molar-refractivity contribution in [2.45, 2.75) is 13.0 Å². The van der Waals surface area contributed by atoms with Crippen molar-refractivity contribution in [3.05, 3.63) is 29.8 Å². The summed E-state index contributed by atoms with van der Waals surface area (Å²) < 4.78 is 33.4. The predicted octanol–water partition coefficient (Wildman–Crippen LogP) is 2.05. The lowest BCUT2D eigenvalue weighted by Gasteiger charge is -2.10. The molecular formula is C12H15F2NO3. The van der Waals surface area contributed by atoms with Gasteiger partial charge in [0.15, 0.2) is 0 Å². The molecule has 1 rings (SSSR count). The second-order valence-electron chi connectivity index (χ2n) is 3.48. The Kier molecular flexibility index (Phi) is 6.07. The number of rotatable bonds is 7. The van der Waals surface area contributed by atoms with E-state index in [2.05, 4.69) is 10.1 Å². The molecule has 0 aliphatic rings. The van der Waals surface area contributed by atoms with Gasteiger partial charge in [-0.25, -0.2) is 0 Å². The van der Waals surface area contributed by atoms with Gasteiger partial charge in [0.2, 0.25) is 0 Å². The minimum absolute atomic E-state index is 0.0928. The Hall–Kier alpha value is -1.69. The third-order valence-corrected chi connectivity index (χ3v) is 2.16. The molecule has 0 saturated carbocycles. The SMILES string of the molecule is COCCCNC(=O)c1ccccc1OC(F)F. The van der Waals surface area contributed by atoms with Gasteiger partial charge in [-0.05, 0) is 18.6 Å². The Morgan fingerprint density at radius 2 is 2.11 bits per heavy atom. The first-order valence-corrected chi connectivity index (χ1v) is 5.46. The zero-order valence-electron chi connectivity index (χ0n) is 9.99. The Morgan fingerprint density at radius 1 is 1.39 bits per heavy atom. The Labute approximate surface area is 104 Å². The van der Waals surface area contributed by atoms with E-state index >= 15 is 0 Å². The molecule has 0 fully saturated rings. The second kappa shape index (κ2) is 7.60. The molecule has 0 heterocycles. The van der Waals surface area contributed by atoms with Crippen LogP contribution in [-0.2, 0) is 4.74 Å². The van der Waals surface area contributed by atoms with E-state index in [1.165, 1.54) is 18.2 Å². The van der Waals surface area contributed by atoms with Crippen LogP contribution in [0.15, 0.2) is 24.3 Å². The van der Waals surface area contributed by atoms with Gasteiger partial charge in [-0.15, -0.1) is 0 Å². The van der Waals surface area contributed by atoms with Crippen LogP contribution < -0.4 is 10.1 Å². The average molecular weight is 259 g/mol. The van der Waals surface area contributed by atoms with E-state index in [1.807, 2.05) is 0 Å². The van der Waals surface area contributed by atoms with E-state index in [-0.39, 0.29) is 11.3 Å². The van der Waals surface area contributed by atoms with Gasteiger partial charge in [0.25, 0.3) is 5.91 Å². The Balaban J connectivity index is 2.61. The number of ether oxygens (including phenoxy) is 2. The second-order valence-corrected chi connectivity index (χ2v) is 3.48. The molecule has 100 valence electrons. The number of hydrogen-bond donors (Lipinski definition) is 1. The van der Waals surface area contributed by atoms with Crippen LogP contribution in [0.4, 0.5) is 8.78 Å². The van der Waals surface area contributed by atoms with Crippen LogP contribution in [0.25, 0.3) is 0 Å². The third kappa shape index (κ3) is 4.67. The summed E-state index contributed by atoms with van der Waals surface area (Å²) in [6, 6.07) is 5.88. The summed E-state index contributed by atoms with van der Waals surface area (Å²) in [5.74, 6) is -0.570. The Morgan fingerprint density at radius 3 is 2.78 bits per heavy atom. The zero-order chi connectivity index (χ0) is 13.4. The van der Waals surface area contributed by atoms with Crippen molar-refractivity contribution < 1.29 is 23.0 Å². The number of methoxy groups -OCH3 is 1. The molecule has 6 heteroatoms. The highest BCUT2D eigenvalue weighted by molar-refractivity contribution is 5.96. The number of carbonyl (C=O) groups excluding carboxylic acids is 1. The molecule has 0 saturated heterocycles. The minimum Gasteiger partial charge on any atom is -0.434 e. The summed E-state index contributed by atoms with van der Waals surface area (Å²) in [6.45, 7) is -2.02. The van der Waals surface area contributed by atoms with Gasteiger partial charge in [0.1, 0.15) is 5.75 Å². The number of alkyl halides is 2. The van der Waals surface area contributed by atoms with Crippen molar-refractivity contribution in [1.82, 2.24) is 5.32 Å². The van der Waals surface area contributed by atoms with E-state index in [4.69, 9.17) is 4.74 Å². The first kappa shape index (κ1) is 14.4. The lowest BCUT2D eigenvalue weighted by molar-refractivity contribution is -0.0501. The first-order chi connectivity index (χ1) is 8.65. The molecule has 0 aromatic heterocycles. The van der Waals surface area contributed by atoms with Crippen LogP contribution in [0.3, 0.4) is 0 Å². The molecule has 0 radical (unpaired) electrons. The fourth-order valence-corrected chi connectivity index (χ4v) is 1.37. The minimum atomic E-state index is -2.95. The standard InChI is InChI=1S/C12H15F2NO3/c1-17-8-4-7-15-11(16)9-5-2-3-6-10(9)18-12(13)14/h2-3,5-6,12H,4,7-8H2,1H3,(H,15,16). The van der Waals surface area contributed by atoms with Crippen LogP contribution in [-0.4, -0.2) is 32.8 Å². The highest BCUT2D eigenvalue weighted by Gasteiger charge is 2.14. The molecule has 18 heavy (non-hydrogen) atoms. The summed E-state index contributed by atoms with van der Waals surface area (Å²) in [7, 11) is 1.56. The van der Waals surface area contributed by atoms with Gasteiger partial charge in [-0.2, -0.15) is 8.78 Å². The van der Waals surface area contributed by atoms with Crippen molar-refractivity contribution in [2.24, 2.45) is 0 Å².